The Bertz CT molecular complexity index is 325. The van der Waals surface area contributed by atoms with Gasteiger partial charge in [-0.25, -0.2) is 4.39 Å². The zero-order valence-corrected chi connectivity index (χ0v) is 8.89. The van der Waals surface area contributed by atoms with Gasteiger partial charge in [0.25, 0.3) is 0 Å². The molecule has 3 heteroatoms. The lowest BCUT2D eigenvalue weighted by Crippen LogP contribution is -2.17. The van der Waals surface area contributed by atoms with Crippen molar-refractivity contribution in [1.29, 1.82) is 0 Å². The monoisotopic (exact) mass is 213 g/mol. The van der Waals surface area contributed by atoms with Crippen molar-refractivity contribution in [3.8, 4) is 0 Å². The zero-order chi connectivity index (χ0) is 10.6. The van der Waals surface area contributed by atoms with Crippen molar-refractivity contribution >= 4 is 11.6 Å². The lowest BCUT2D eigenvalue weighted by molar-refractivity contribution is 0.363. The highest BCUT2D eigenvalue weighted by Crippen LogP contribution is 2.16. The molecule has 76 valence electrons. The molecule has 0 aromatic heterocycles. The second kappa shape index (κ2) is 5.13. The topological polar surface area (TPSA) is 3.24 Å². The third-order valence-corrected chi connectivity index (χ3v) is 2.18. The average Bonchev–Trinajstić information content (AvgIpc) is 2.12. The molecule has 0 unspecified atom stereocenters. The summed E-state index contributed by atoms with van der Waals surface area (Å²) in [6.07, 6.45) is 1.81. The maximum absolute atomic E-state index is 13.0. The van der Waals surface area contributed by atoms with Gasteiger partial charge in [-0.05, 0) is 24.7 Å². The molecule has 0 N–H and O–H groups in total. The predicted molar refractivity (Wildman–Crippen MR) is 57.9 cm³/mol. The molecular formula is C11H13ClFN. The fraction of sp³-hybridized carbons (Fsp3) is 0.273. The number of benzene rings is 1. The largest absolute Gasteiger partial charge is 0.298 e. The van der Waals surface area contributed by atoms with Crippen LogP contribution >= 0.6 is 11.6 Å². The molecule has 0 atom stereocenters. The maximum Gasteiger partial charge on any atom is 0.142 e. The summed E-state index contributed by atoms with van der Waals surface area (Å²) in [4.78, 5) is 2.04. The molecule has 0 aliphatic carbocycles. The smallest absolute Gasteiger partial charge is 0.142 e. The Hall–Kier alpha value is -0.860. The Balaban J connectivity index is 2.67. The zero-order valence-electron chi connectivity index (χ0n) is 8.13. The molecule has 0 saturated heterocycles. The van der Waals surface area contributed by atoms with Crippen LogP contribution in [0.2, 0.25) is 5.02 Å². The van der Waals surface area contributed by atoms with Crippen molar-refractivity contribution in [3.63, 3.8) is 0 Å². The minimum Gasteiger partial charge on any atom is -0.298 e. The van der Waals surface area contributed by atoms with E-state index in [0.29, 0.717) is 6.54 Å². The van der Waals surface area contributed by atoms with Crippen molar-refractivity contribution in [1.82, 2.24) is 4.90 Å². The molecule has 1 rings (SSSR count). The van der Waals surface area contributed by atoms with E-state index in [4.69, 9.17) is 11.6 Å². The number of likely N-dealkylation sites (N-methyl/N-ethyl adjacent to an activating group) is 1. The molecule has 0 heterocycles. The summed E-state index contributed by atoms with van der Waals surface area (Å²) in [5.74, 6) is -0.365. The van der Waals surface area contributed by atoms with Gasteiger partial charge in [0.1, 0.15) is 5.82 Å². The molecule has 0 bridgehead atoms. The summed E-state index contributed by atoms with van der Waals surface area (Å²) in [7, 11) is 1.95. The Labute approximate surface area is 88.8 Å². The lowest BCUT2D eigenvalue weighted by atomic mass is 10.2. The normalized spacial score (nSPS) is 10.6. The SMILES string of the molecule is C=CCN(C)Cc1ccc(Cl)c(F)c1. The highest BCUT2D eigenvalue weighted by Gasteiger charge is 2.02. The van der Waals surface area contributed by atoms with Crippen LogP contribution in [-0.2, 0) is 6.54 Å². The summed E-state index contributed by atoms with van der Waals surface area (Å²) >= 11 is 5.57. The van der Waals surface area contributed by atoms with Crippen LogP contribution in [0.5, 0.6) is 0 Å². The molecule has 0 aliphatic rings. The molecule has 0 amide bonds. The van der Waals surface area contributed by atoms with E-state index < -0.39 is 0 Å². The van der Waals surface area contributed by atoms with E-state index in [2.05, 4.69) is 6.58 Å². The first kappa shape index (κ1) is 11.2. The van der Waals surface area contributed by atoms with Crippen LogP contribution in [0, 0.1) is 5.82 Å². The number of rotatable bonds is 4. The van der Waals surface area contributed by atoms with Crippen LogP contribution in [0.15, 0.2) is 30.9 Å². The molecular weight excluding hydrogens is 201 g/mol. The summed E-state index contributed by atoms with van der Waals surface area (Å²) in [5, 5.41) is 0.167. The van der Waals surface area contributed by atoms with Gasteiger partial charge in [-0.15, -0.1) is 6.58 Å². The van der Waals surface area contributed by atoms with Gasteiger partial charge in [-0.1, -0.05) is 23.7 Å². The molecule has 1 nitrogen and oxygen atoms in total. The first-order chi connectivity index (χ1) is 6.63. The maximum atomic E-state index is 13.0. The number of nitrogens with zero attached hydrogens (tertiary/aromatic N) is 1. The Morgan fingerprint density at radius 3 is 2.86 bits per heavy atom. The van der Waals surface area contributed by atoms with Gasteiger partial charge in [0.05, 0.1) is 5.02 Å². The predicted octanol–water partition coefficient (Wildman–Crippen LogP) is 3.10. The van der Waals surface area contributed by atoms with Gasteiger partial charge in [-0.2, -0.15) is 0 Å². The third-order valence-electron chi connectivity index (χ3n) is 1.88. The highest BCUT2D eigenvalue weighted by atomic mass is 35.5. The van der Waals surface area contributed by atoms with Crippen molar-refractivity contribution in [2.75, 3.05) is 13.6 Å². The minimum absolute atomic E-state index is 0.167. The number of halogens is 2. The lowest BCUT2D eigenvalue weighted by Gasteiger charge is -2.14. The van der Waals surface area contributed by atoms with Crippen molar-refractivity contribution in [2.24, 2.45) is 0 Å². The van der Waals surface area contributed by atoms with Crippen LogP contribution in [0.1, 0.15) is 5.56 Å². The van der Waals surface area contributed by atoms with Crippen molar-refractivity contribution < 1.29 is 4.39 Å². The molecule has 0 saturated carbocycles. The van der Waals surface area contributed by atoms with Gasteiger partial charge in [-0.3, -0.25) is 4.90 Å². The van der Waals surface area contributed by atoms with Crippen LogP contribution < -0.4 is 0 Å². The second-order valence-corrected chi connectivity index (χ2v) is 3.64. The third kappa shape index (κ3) is 3.13. The fourth-order valence-corrected chi connectivity index (χ4v) is 1.35. The van der Waals surface area contributed by atoms with Crippen molar-refractivity contribution in [2.45, 2.75) is 6.54 Å². The summed E-state index contributed by atoms with van der Waals surface area (Å²) in [6, 6.07) is 4.86. The summed E-state index contributed by atoms with van der Waals surface area (Å²) in [6.45, 7) is 5.11. The first-order valence-electron chi connectivity index (χ1n) is 4.37. The Morgan fingerprint density at radius 1 is 1.57 bits per heavy atom. The molecule has 0 aliphatic heterocycles. The molecule has 1 aromatic carbocycles. The van der Waals surface area contributed by atoms with Gasteiger partial charge >= 0.3 is 0 Å². The summed E-state index contributed by atoms with van der Waals surface area (Å²) in [5.41, 5.74) is 0.913. The second-order valence-electron chi connectivity index (χ2n) is 3.23. The minimum atomic E-state index is -0.365. The van der Waals surface area contributed by atoms with Gasteiger partial charge in [0.15, 0.2) is 0 Å². The van der Waals surface area contributed by atoms with E-state index in [1.54, 1.807) is 6.07 Å². The molecule has 1 aromatic rings. The van der Waals surface area contributed by atoms with E-state index in [1.165, 1.54) is 6.07 Å². The Morgan fingerprint density at radius 2 is 2.29 bits per heavy atom. The summed E-state index contributed by atoms with van der Waals surface area (Å²) < 4.78 is 13.0. The van der Waals surface area contributed by atoms with Crippen molar-refractivity contribution in [3.05, 3.63) is 47.3 Å². The molecule has 0 radical (unpaired) electrons. The van der Waals surface area contributed by atoms with E-state index >= 15 is 0 Å². The first-order valence-corrected chi connectivity index (χ1v) is 4.74. The van der Waals surface area contributed by atoms with Crippen LogP contribution in [0.3, 0.4) is 0 Å². The van der Waals surface area contributed by atoms with Crippen LogP contribution in [0.25, 0.3) is 0 Å². The Kier molecular flexibility index (Phi) is 4.11. The standard InChI is InChI=1S/C11H13ClFN/c1-3-6-14(2)8-9-4-5-10(12)11(13)7-9/h3-5,7H,1,6,8H2,2H3. The van der Waals surface area contributed by atoms with E-state index in [0.717, 1.165) is 12.1 Å². The number of hydrogen-bond acceptors (Lipinski definition) is 1. The van der Waals surface area contributed by atoms with Crippen LogP contribution in [0.4, 0.5) is 4.39 Å². The molecule has 0 fully saturated rings. The molecule has 14 heavy (non-hydrogen) atoms. The van der Waals surface area contributed by atoms with Gasteiger partial charge in [0, 0.05) is 13.1 Å². The quantitative estimate of drug-likeness (QED) is 0.695. The van der Waals surface area contributed by atoms with E-state index in [-0.39, 0.29) is 10.8 Å². The average molecular weight is 214 g/mol. The van der Waals surface area contributed by atoms with E-state index in [9.17, 15) is 4.39 Å². The highest BCUT2D eigenvalue weighted by molar-refractivity contribution is 6.30. The van der Waals surface area contributed by atoms with Crippen LogP contribution in [-0.4, -0.2) is 18.5 Å². The van der Waals surface area contributed by atoms with E-state index in [1.807, 2.05) is 24.1 Å². The number of hydrogen-bond donors (Lipinski definition) is 0. The fourth-order valence-electron chi connectivity index (χ4n) is 1.23. The van der Waals surface area contributed by atoms with Gasteiger partial charge in [0.2, 0.25) is 0 Å². The van der Waals surface area contributed by atoms with Gasteiger partial charge < -0.3 is 0 Å². The molecule has 0 spiro atoms.